The predicted molar refractivity (Wildman–Crippen MR) is 73.7 cm³/mol. The average Bonchev–Trinajstić information content (AvgIpc) is 2.85. The van der Waals surface area contributed by atoms with Crippen molar-refractivity contribution in [2.45, 2.75) is 19.9 Å². The van der Waals surface area contributed by atoms with Gasteiger partial charge in [0.2, 0.25) is 0 Å². The fraction of sp³-hybridized carbons (Fsp3) is 0.333. The van der Waals surface area contributed by atoms with E-state index in [2.05, 4.69) is 26.3 Å². The summed E-state index contributed by atoms with van der Waals surface area (Å²) >= 11 is 3.39. The van der Waals surface area contributed by atoms with Crippen molar-refractivity contribution in [3.63, 3.8) is 0 Å². The third kappa shape index (κ3) is 2.64. The van der Waals surface area contributed by atoms with Gasteiger partial charge in [-0.1, -0.05) is 0 Å². The van der Waals surface area contributed by atoms with Crippen molar-refractivity contribution in [3.05, 3.63) is 34.7 Å². The minimum atomic E-state index is -0.159. The molecule has 2 heterocycles. The van der Waals surface area contributed by atoms with Crippen molar-refractivity contribution in [1.82, 2.24) is 14.3 Å². The number of halogens is 1. The Morgan fingerprint density at radius 2 is 2.22 bits per heavy atom. The molecule has 96 valence electrons. The zero-order chi connectivity index (χ0) is 13.3. The van der Waals surface area contributed by atoms with Gasteiger partial charge in [0.1, 0.15) is 5.69 Å². The van der Waals surface area contributed by atoms with Gasteiger partial charge in [-0.05, 0) is 35.8 Å². The molecule has 0 saturated heterocycles. The summed E-state index contributed by atoms with van der Waals surface area (Å²) in [4.78, 5) is 12.2. The van der Waals surface area contributed by atoms with Crippen molar-refractivity contribution in [2.75, 3.05) is 5.32 Å². The Labute approximate surface area is 114 Å². The largest absolute Gasteiger partial charge is 0.340 e. The summed E-state index contributed by atoms with van der Waals surface area (Å²) in [6, 6.07) is 3.79. The van der Waals surface area contributed by atoms with E-state index in [1.807, 2.05) is 31.7 Å². The Balaban J connectivity index is 2.23. The Morgan fingerprint density at radius 1 is 1.50 bits per heavy atom. The number of rotatable bonds is 3. The molecule has 0 radical (unpaired) electrons. The number of nitrogens with zero attached hydrogens (tertiary/aromatic N) is 3. The highest BCUT2D eigenvalue weighted by Crippen LogP contribution is 2.20. The van der Waals surface area contributed by atoms with E-state index in [9.17, 15) is 4.79 Å². The number of anilines is 1. The zero-order valence-corrected chi connectivity index (χ0v) is 12.1. The number of aryl methyl sites for hydroxylation is 1. The number of hydrogen-bond donors (Lipinski definition) is 1. The molecule has 0 bridgehead atoms. The lowest BCUT2D eigenvalue weighted by Crippen LogP contribution is -2.18. The Hall–Kier alpha value is -1.56. The number of hydrogen-bond acceptors (Lipinski definition) is 2. The van der Waals surface area contributed by atoms with Crippen LogP contribution in [0.4, 0.5) is 5.82 Å². The Kier molecular flexibility index (Phi) is 3.56. The first-order chi connectivity index (χ1) is 8.47. The highest BCUT2D eigenvalue weighted by atomic mass is 79.9. The van der Waals surface area contributed by atoms with Crippen LogP contribution in [0.3, 0.4) is 0 Å². The minimum absolute atomic E-state index is 0.159. The highest BCUT2D eigenvalue weighted by molar-refractivity contribution is 9.10. The summed E-state index contributed by atoms with van der Waals surface area (Å²) < 4.78 is 4.46. The monoisotopic (exact) mass is 310 g/mol. The van der Waals surface area contributed by atoms with E-state index in [-0.39, 0.29) is 11.9 Å². The van der Waals surface area contributed by atoms with Crippen molar-refractivity contribution in [2.24, 2.45) is 7.05 Å². The van der Waals surface area contributed by atoms with Gasteiger partial charge in [0.05, 0.1) is 0 Å². The topological polar surface area (TPSA) is 51.9 Å². The summed E-state index contributed by atoms with van der Waals surface area (Å²) in [5.74, 6) is 0.392. The van der Waals surface area contributed by atoms with Gasteiger partial charge in [0.25, 0.3) is 5.91 Å². The molecule has 0 aliphatic heterocycles. The molecular formula is C12H15BrN4O. The SMILES string of the molecule is CC(C)n1cc(Br)cc1C(=O)Nc1ccn(C)n1. The minimum Gasteiger partial charge on any atom is -0.340 e. The second-order valence-electron chi connectivity index (χ2n) is 4.37. The maximum Gasteiger partial charge on any atom is 0.273 e. The van der Waals surface area contributed by atoms with E-state index in [4.69, 9.17) is 0 Å². The van der Waals surface area contributed by atoms with E-state index in [0.29, 0.717) is 11.5 Å². The van der Waals surface area contributed by atoms with Gasteiger partial charge in [-0.3, -0.25) is 9.48 Å². The molecule has 1 N–H and O–H groups in total. The molecular weight excluding hydrogens is 296 g/mol. The van der Waals surface area contributed by atoms with Crippen molar-refractivity contribution in [1.29, 1.82) is 0 Å². The second kappa shape index (κ2) is 4.97. The summed E-state index contributed by atoms with van der Waals surface area (Å²) in [5.41, 5.74) is 0.613. The van der Waals surface area contributed by atoms with Crippen LogP contribution in [0.2, 0.25) is 0 Å². The lowest BCUT2D eigenvalue weighted by Gasteiger charge is -2.11. The summed E-state index contributed by atoms with van der Waals surface area (Å²) in [6.07, 6.45) is 3.69. The number of carbonyl (C=O) groups excluding carboxylic acids is 1. The van der Waals surface area contributed by atoms with E-state index >= 15 is 0 Å². The van der Waals surface area contributed by atoms with Gasteiger partial charge in [0, 0.05) is 36.0 Å². The van der Waals surface area contributed by atoms with Crippen LogP contribution in [0.5, 0.6) is 0 Å². The molecule has 0 spiro atoms. The molecule has 5 nitrogen and oxygen atoms in total. The summed E-state index contributed by atoms with van der Waals surface area (Å²) in [5, 5.41) is 6.90. The molecule has 0 unspecified atom stereocenters. The number of carbonyl (C=O) groups is 1. The van der Waals surface area contributed by atoms with Gasteiger partial charge < -0.3 is 9.88 Å². The van der Waals surface area contributed by atoms with Gasteiger partial charge in [0.15, 0.2) is 5.82 Å². The number of amides is 1. The summed E-state index contributed by atoms with van der Waals surface area (Å²) in [6.45, 7) is 4.06. The Morgan fingerprint density at radius 3 is 2.78 bits per heavy atom. The molecule has 1 amide bonds. The molecule has 6 heteroatoms. The third-order valence-electron chi connectivity index (χ3n) is 2.56. The van der Waals surface area contributed by atoms with Crippen LogP contribution in [0.1, 0.15) is 30.4 Å². The molecule has 18 heavy (non-hydrogen) atoms. The van der Waals surface area contributed by atoms with E-state index in [0.717, 1.165) is 4.47 Å². The maximum absolute atomic E-state index is 12.2. The number of nitrogens with one attached hydrogen (secondary N) is 1. The van der Waals surface area contributed by atoms with Crippen molar-refractivity contribution < 1.29 is 4.79 Å². The Bertz CT molecular complexity index is 570. The average molecular weight is 311 g/mol. The van der Waals surface area contributed by atoms with Gasteiger partial charge in [-0.25, -0.2) is 0 Å². The molecule has 0 fully saturated rings. The van der Waals surface area contributed by atoms with Crippen molar-refractivity contribution in [3.8, 4) is 0 Å². The first-order valence-electron chi connectivity index (χ1n) is 5.65. The van der Waals surface area contributed by atoms with Crippen LogP contribution in [0.25, 0.3) is 0 Å². The molecule has 0 aliphatic carbocycles. The first-order valence-corrected chi connectivity index (χ1v) is 6.45. The van der Waals surface area contributed by atoms with Crippen LogP contribution in [0, 0.1) is 0 Å². The van der Waals surface area contributed by atoms with Crippen molar-refractivity contribution >= 4 is 27.7 Å². The molecule has 2 aromatic heterocycles. The lowest BCUT2D eigenvalue weighted by atomic mass is 10.3. The molecule has 0 aliphatic rings. The molecule has 0 atom stereocenters. The smallest absolute Gasteiger partial charge is 0.273 e. The number of aromatic nitrogens is 3. The molecule has 0 saturated carbocycles. The standard InChI is InChI=1S/C12H15BrN4O/c1-8(2)17-7-9(13)6-10(17)12(18)14-11-4-5-16(3)15-11/h4-8H,1-3H3,(H,14,15,18). The normalized spacial score (nSPS) is 10.9. The van der Waals surface area contributed by atoms with Crippen LogP contribution in [-0.2, 0) is 7.05 Å². The second-order valence-corrected chi connectivity index (χ2v) is 5.29. The predicted octanol–water partition coefficient (Wildman–Crippen LogP) is 2.82. The highest BCUT2D eigenvalue weighted by Gasteiger charge is 2.15. The van der Waals surface area contributed by atoms with Gasteiger partial charge in [-0.2, -0.15) is 5.10 Å². The first kappa shape index (κ1) is 12.9. The summed E-state index contributed by atoms with van der Waals surface area (Å²) in [7, 11) is 1.81. The molecule has 2 rings (SSSR count). The van der Waals surface area contributed by atoms with Crippen LogP contribution in [-0.4, -0.2) is 20.3 Å². The van der Waals surface area contributed by atoms with Crippen LogP contribution in [0.15, 0.2) is 29.0 Å². The molecule has 2 aromatic rings. The fourth-order valence-electron chi connectivity index (χ4n) is 1.72. The van der Waals surface area contributed by atoms with E-state index in [1.165, 1.54) is 0 Å². The van der Waals surface area contributed by atoms with Crippen LogP contribution < -0.4 is 5.32 Å². The lowest BCUT2D eigenvalue weighted by molar-refractivity contribution is 0.101. The quantitative estimate of drug-likeness (QED) is 0.947. The van der Waals surface area contributed by atoms with E-state index < -0.39 is 0 Å². The molecule has 0 aromatic carbocycles. The van der Waals surface area contributed by atoms with Crippen LogP contribution >= 0.6 is 15.9 Å². The zero-order valence-electron chi connectivity index (χ0n) is 10.5. The maximum atomic E-state index is 12.2. The third-order valence-corrected chi connectivity index (χ3v) is 2.99. The van der Waals surface area contributed by atoms with E-state index in [1.54, 1.807) is 23.0 Å². The fourth-order valence-corrected chi connectivity index (χ4v) is 2.15. The van der Waals surface area contributed by atoms with Gasteiger partial charge >= 0.3 is 0 Å². The van der Waals surface area contributed by atoms with Gasteiger partial charge in [-0.15, -0.1) is 0 Å².